The minimum absolute atomic E-state index is 0.305. The molecule has 20 heavy (non-hydrogen) atoms. The van der Waals surface area contributed by atoms with Crippen LogP contribution in [0.3, 0.4) is 0 Å². The number of nitrogens with one attached hydrogen (secondary N) is 1. The molecule has 0 spiro atoms. The number of ether oxygens (including phenoxy) is 1. The Hall–Kier alpha value is -2.07. The van der Waals surface area contributed by atoms with E-state index in [0.717, 1.165) is 11.4 Å². The fourth-order valence-corrected chi connectivity index (χ4v) is 1.91. The number of hydrogen-bond acceptors (Lipinski definition) is 3. The molecule has 2 aromatic carbocycles. The zero-order chi connectivity index (χ0) is 14.4. The molecule has 0 heterocycles. The van der Waals surface area contributed by atoms with Gasteiger partial charge in [0.15, 0.2) is 0 Å². The summed E-state index contributed by atoms with van der Waals surface area (Å²) in [5.41, 5.74) is 1.41. The first-order valence-corrected chi connectivity index (χ1v) is 6.59. The number of hydrogen-bond donors (Lipinski definition) is 2. The lowest BCUT2D eigenvalue weighted by atomic mass is 10.1. The number of benzene rings is 2. The van der Waals surface area contributed by atoms with Gasteiger partial charge < -0.3 is 15.2 Å². The summed E-state index contributed by atoms with van der Waals surface area (Å²) in [6, 6.07) is 13.5. The van der Waals surface area contributed by atoms with E-state index in [2.05, 4.69) is 5.32 Å². The lowest BCUT2D eigenvalue weighted by molar-refractivity contribution is 0.191. The summed E-state index contributed by atoms with van der Waals surface area (Å²) >= 11 is 0. The monoisotopic (exact) mass is 275 g/mol. The van der Waals surface area contributed by atoms with Gasteiger partial charge in [0, 0.05) is 18.3 Å². The van der Waals surface area contributed by atoms with Crippen LogP contribution in [0.15, 0.2) is 48.5 Å². The van der Waals surface area contributed by atoms with Crippen molar-refractivity contribution in [1.82, 2.24) is 0 Å². The third-order valence-electron chi connectivity index (χ3n) is 2.88. The normalized spacial score (nSPS) is 11.9. The van der Waals surface area contributed by atoms with E-state index < -0.39 is 6.10 Å². The van der Waals surface area contributed by atoms with Crippen molar-refractivity contribution in [3.05, 3.63) is 59.9 Å². The van der Waals surface area contributed by atoms with Gasteiger partial charge in [-0.2, -0.15) is 0 Å². The maximum Gasteiger partial charge on any atom is 0.123 e. The average molecular weight is 275 g/mol. The van der Waals surface area contributed by atoms with Crippen LogP contribution in [0, 0.1) is 5.82 Å². The Kier molecular flexibility index (Phi) is 4.96. The molecule has 0 fully saturated rings. The molecule has 0 bridgehead atoms. The van der Waals surface area contributed by atoms with Crippen molar-refractivity contribution in [1.29, 1.82) is 0 Å². The second-order valence-corrected chi connectivity index (χ2v) is 4.41. The zero-order valence-corrected chi connectivity index (χ0v) is 11.3. The molecule has 2 aromatic rings. The molecule has 106 valence electrons. The van der Waals surface area contributed by atoms with E-state index >= 15 is 0 Å². The van der Waals surface area contributed by atoms with Gasteiger partial charge in [0.1, 0.15) is 11.6 Å². The molecule has 0 saturated heterocycles. The maximum atomic E-state index is 13.1. The van der Waals surface area contributed by atoms with Crippen LogP contribution < -0.4 is 10.1 Å². The Labute approximate surface area is 118 Å². The second kappa shape index (κ2) is 6.91. The van der Waals surface area contributed by atoms with Crippen LogP contribution in [-0.4, -0.2) is 18.3 Å². The van der Waals surface area contributed by atoms with Gasteiger partial charge in [-0.25, -0.2) is 4.39 Å². The highest BCUT2D eigenvalue weighted by molar-refractivity contribution is 5.48. The summed E-state index contributed by atoms with van der Waals surface area (Å²) in [5.74, 6) is 0.428. The van der Waals surface area contributed by atoms with E-state index in [1.165, 1.54) is 12.1 Å². The van der Waals surface area contributed by atoms with Crippen LogP contribution >= 0.6 is 0 Å². The lowest BCUT2D eigenvalue weighted by Gasteiger charge is -2.14. The predicted molar refractivity (Wildman–Crippen MR) is 77.5 cm³/mol. The van der Waals surface area contributed by atoms with Crippen LogP contribution in [0.25, 0.3) is 0 Å². The van der Waals surface area contributed by atoms with Gasteiger partial charge in [0.05, 0.1) is 12.7 Å². The van der Waals surface area contributed by atoms with Crippen LogP contribution in [0.2, 0.25) is 0 Å². The van der Waals surface area contributed by atoms with Crippen molar-refractivity contribution in [2.75, 3.05) is 18.5 Å². The highest BCUT2D eigenvalue weighted by Gasteiger charge is 2.08. The van der Waals surface area contributed by atoms with Crippen molar-refractivity contribution < 1.29 is 14.2 Å². The summed E-state index contributed by atoms with van der Waals surface area (Å²) < 4.78 is 18.5. The van der Waals surface area contributed by atoms with E-state index in [4.69, 9.17) is 4.74 Å². The number of anilines is 1. The summed E-state index contributed by atoms with van der Waals surface area (Å²) in [5, 5.41) is 13.1. The van der Waals surface area contributed by atoms with Gasteiger partial charge in [-0.1, -0.05) is 18.2 Å². The van der Waals surface area contributed by atoms with E-state index in [0.29, 0.717) is 18.7 Å². The molecule has 0 aliphatic heterocycles. The van der Waals surface area contributed by atoms with Gasteiger partial charge in [0.2, 0.25) is 0 Å². The molecule has 0 amide bonds. The molecule has 0 aliphatic carbocycles. The van der Waals surface area contributed by atoms with Crippen molar-refractivity contribution in [2.45, 2.75) is 13.0 Å². The Morgan fingerprint density at radius 1 is 1.20 bits per heavy atom. The number of halogens is 1. The fraction of sp³-hybridized carbons (Fsp3) is 0.250. The summed E-state index contributed by atoms with van der Waals surface area (Å²) in [6.07, 6.45) is -0.763. The molecule has 4 heteroatoms. The summed E-state index contributed by atoms with van der Waals surface area (Å²) in [6.45, 7) is 2.84. The first kappa shape index (κ1) is 14.3. The van der Waals surface area contributed by atoms with Crippen LogP contribution in [0.1, 0.15) is 18.6 Å². The highest BCUT2D eigenvalue weighted by atomic mass is 19.1. The van der Waals surface area contributed by atoms with Crippen molar-refractivity contribution in [3.8, 4) is 5.75 Å². The van der Waals surface area contributed by atoms with E-state index in [9.17, 15) is 9.50 Å². The average Bonchev–Trinajstić information content (AvgIpc) is 2.45. The van der Waals surface area contributed by atoms with Gasteiger partial charge in [-0.3, -0.25) is 0 Å². The highest BCUT2D eigenvalue weighted by Crippen LogP contribution is 2.19. The minimum Gasteiger partial charge on any atom is -0.494 e. The van der Waals surface area contributed by atoms with Crippen LogP contribution in [-0.2, 0) is 0 Å². The molecule has 0 radical (unpaired) electrons. The largest absolute Gasteiger partial charge is 0.494 e. The van der Waals surface area contributed by atoms with Crippen molar-refractivity contribution in [3.63, 3.8) is 0 Å². The van der Waals surface area contributed by atoms with Gasteiger partial charge in [0.25, 0.3) is 0 Å². The second-order valence-electron chi connectivity index (χ2n) is 4.41. The van der Waals surface area contributed by atoms with Gasteiger partial charge >= 0.3 is 0 Å². The Balaban J connectivity index is 1.96. The quantitative estimate of drug-likeness (QED) is 0.849. The number of aliphatic hydroxyl groups excluding tert-OH is 1. The van der Waals surface area contributed by atoms with E-state index in [1.54, 1.807) is 12.1 Å². The fourth-order valence-electron chi connectivity index (χ4n) is 1.91. The molecule has 0 saturated carbocycles. The molecule has 0 aliphatic rings. The van der Waals surface area contributed by atoms with Crippen LogP contribution in [0.5, 0.6) is 5.75 Å². The zero-order valence-electron chi connectivity index (χ0n) is 11.3. The third kappa shape index (κ3) is 3.96. The molecule has 3 nitrogen and oxygen atoms in total. The first-order valence-electron chi connectivity index (χ1n) is 6.59. The summed E-state index contributed by atoms with van der Waals surface area (Å²) in [7, 11) is 0. The lowest BCUT2D eigenvalue weighted by Crippen LogP contribution is -2.12. The van der Waals surface area contributed by atoms with E-state index in [-0.39, 0.29) is 5.82 Å². The third-order valence-corrected chi connectivity index (χ3v) is 2.88. The standard InChI is InChI=1S/C16H18FNO2/c1-2-20-15-8-4-7-14(10-15)18-11-16(19)12-5-3-6-13(17)9-12/h3-10,16,18-19H,2,11H2,1H3. The molecular weight excluding hydrogens is 257 g/mol. The first-order chi connectivity index (χ1) is 9.69. The maximum absolute atomic E-state index is 13.1. The van der Waals surface area contributed by atoms with Crippen LogP contribution in [0.4, 0.5) is 10.1 Å². The Morgan fingerprint density at radius 3 is 2.75 bits per heavy atom. The SMILES string of the molecule is CCOc1cccc(NCC(O)c2cccc(F)c2)c1. The molecular formula is C16H18FNO2. The molecule has 0 aromatic heterocycles. The topological polar surface area (TPSA) is 41.5 Å². The smallest absolute Gasteiger partial charge is 0.123 e. The van der Waals surface area contributed by atoms with Crippen molar-refractivity contribution in [2.24, 2.45) is 0 Å². The Bertz CT molecular complexity index is 560. The number of aliphatic hydroxyl groups is 1. The van der Waals surface area contributed by atoms with Gasteiger partial charge in [-0.05, 0) is 36.8 Å². The predicted octanol–water partition coefficient (Wildman–Crippen LogP) is 3.37. The van der Waals surface area contributed by atoms with E-state index in [1.807, 2.05) is 31.2 Å². The molecule has 1 atom stereocenters. The van der Waals surface area contributed by atoms with Gasteiger partial charge in [-0.15, -0.1) is 0 Å². The molecule has 2 N–H and O–H groups in total. The number of rotatable bonds is 6. The molecule has 1 unspecified atom stereocenters. The Morgan fingerprint density at radius 2 is 2.00 bits per heavy atom. The summed E-state index contributed by atoms with van der Waals surface area (Å²) in [4.78, 5) is 0. The minimum atomic E-state index is -0.763. The molecule has 2 rings (SSSR count). The van der Waals surface area contributed by atoms with Crippen molar-refractivity contribution >= 4 is 5.69 Å².